The number of aromatic nitrogens is 3. The van der Waals surface area contributed by atoms with Crippen LogP contribution in [-0.4, -0.2) is 20.1 Å². The molecule has 0 saturated heterocycles. The summed E-state index contributed by atoms with van der Waals surface area (Å²) in [6.45, 7) is 17.8. The molecule has 0 saturated carbocycles. The van der Waals surface area contributed by atoms with Gasteiger partial charge in [-0.1, -0.05) is 97.9 Å². The maximum absolute atomic E-state index is 11.2. The molecule has 0 amide bonds. The van der Waals surface area contributed by atoms with E-state index in [2.05, 4.69) is 109 Å². The zero-order chi connectivity index (χ0) is 35.5. The number of para-hydroxylation sites is 1. The number of hydrogen-bond donors (Lipinski definition) is 1. The number of nitrogens with zero attached hydrogens (tertiary/aromatic N) is 3. The van der Waals surface area contributed by atoms with Gasteiger partial charge in [0, 0.05) is 29.0 Å². The Morgan fingerprint density at radius 3 is 1.80 bits per heavy atom. The summed E-state index contributed by atoms with van der Waals surface area (Å²) in [7, 11) is 0. The zero-order valence-corrected chi connectivity index (χ0v) is 30.4. The number of aromatic hydroxyl groups is 1. The van der Waals surface area contributed by atoms with Gasteiger partial charge in [0.2, 0.25) is 5.88 Å². The van der Waals surface area contributed by atoms with Gasteiger partial charge in [-0.25, -0.2) is 9.97 Å². The van der Waals surface area contributed by atoms with Gasteiger partial charge >= 0.3 is 0 Å². The number of hydrogen-bond acceptors (Lipinski definition) is 5. The van der Waals surface area contributed by atoms with E-state index in [0.717, 1.165) is 22.4 Å². The Morgan fingerprint density at radius 2 is 1.20 bits per heavy atom. The summed E-state index contributed by atoms with van der Waals surface area (Å²) in [5.74, 6) is 2.65. The monoisotopic (exact) mass is 661 g/mol. The van der Waals surface area contributed by atoms with E-state index in [9.17, 15) is 5.11 Å². The van der Waals surface area contributed by atoms with E-state index < -0.39 is 0 Å². The molecular weight excluding hydrogens is 615 g/mol. The fourth-order valence-electron chi connectivity index (χ4n) is 6.44. The van der Waals surface area contributed by atoms with Crippen LogP contribution in [0.25, 0.3) is 44.9 Å². The number of benzene rings is 4. The van der Waals surface area contributed by atoms with Gasteiger partial charge in [0.25, 0.3) is 0 Å². The van der Waals surface area contributed by atoms with Crippen molar-refractivity contribution in [1.29, 1.82) is 0 Å². The van der Waals surface area contributed by atoms with Gasteiger partial charge in [-0.2, -0.15) is 0 Å². The Morgan fingerprint density at radius 1 is 0.560 bits per heavy atom. The largest absolute Gasteiger partial charge is 0.507 e. The second-order valence-corrected chi connectivity index (χ2v) is 14.3. The number of ether oxygens (including phenoxy) is 1. The smallest absolute Gasteiger partial charge is 0.219 e. The second kappa shape index (κ2) is 14.7. The van der Waals surface area contributed by atoms with Crippen molar-refractivity contribution in [1.82, 2.24) is 15.0 Å². The Balaban J connectivity index is 1.61. The predicted octanol–water partition coefficient (Wildman–Crippen LogP) is 12.5. The third-order valence-electron chi connectivity index (χ3n) is 9.24. The van der Waals surface area contributed by atoms with Crippen LogP contribution in [0, 0.1) is 0 Å². The molecule has 0 radical (unpaired) electrons. The molecule has 0 unspecified atom stereocenters. The summed E-state index contributed by atoms with van der Waals surface area (Å²) in [5.41, 5.74) is 11.8. The summed E-state index contributed by atoms with van der Waals surface area (Å²) in [6, 6.07) is 32.6. The molecule has 0 bridgehead atoms. The molecule has 5 heteroatoms. The average Bonchev–Trinajstić information content (AvgIpc) is 3.11. The first kappa shape index (κ1) is 34.6. The van der Waals surface area contributed by atoms with E-state index in [0.29, 0.717) is 52.3 Å². The fourth-order valence-corrected chi connectivity index (χ4v) is 6.44. The highest BCUT2D eigenvalue weighted by Gasteiger charge is 2.21. The van der Waals surface area contributed by atoms with E-state index in [1.807, 2.05) is 48.7 Å². The van der Waals surface area contributed by atoms with Crippen LogP contribution in [0.15, 0.2) is 109 Å². The number of pyridine rings is 1. The van der Waals surface area contributed by atoms with Crippen LogP contribution in [0.4, 0.5) is 0 Å². The quantitative estimate of drug-likeness (QED) is 0.158. The van der Waals surface area contributed by atoms with Gasteiger partial charge in [-0.15, -0.1) is 0 Å². The van der Waals surface area contributed by atoms with Crippen molar-refractivity contribution in [3.8, 4) is 62.3 Å². The van der Waals surface area contributed by atoms with E-state index in [-0.39, 0.29) is 5.75 Å². The van der Waals surface area contributed by atoms with Gasteiger partial charge in [-0.3, -0.25) is 4.98 Å². The summed E-state index contributed by atoms with van der Waals surface area (Å²) >= 11 is 0. The van der Waals surface area contributed by atoms with Gasteiger partial charge in [0.1, 0.15) is 17.2 Å². The van der Waals surface area contributed by atoms with Crippen molar-refractivity contribution in [3.05, 3.63) is 132 Å². The minimum atomic E-state index is 0.157. The first-order chi connectivity index (χ1) is 24.0. The van der Waals surface area contributed by atoms with Crippen LogP contribution in [0.1, 0.15) is 101 Å². The van der Waals surface area contributed by atoms with Crippen LogP contribution in [0.5, 0.6) is 17.4 Å². The van der Waals surface area contributed by atoms with Crippen molar-refractivity contribution < 1.29 is 9.84 Å². The van der Waals surface area contributed by atoms with Crippen molar-refractivity contribution >= 4 is 0 Å². The Kier molecular flexibility index (Phi) is 10.1. The second-order valence-electron chi connectivity index (χ2n) is 14.3. The molecule has 5 nitrogen and oxygen atoms in total. The number of phenols is 1. The SMILES string of the molecule is CC(C)c1cc(-c2ncc(-c3cc(Oc4ccccn4)cc(-c4c(C(C)C)cccc4C(C)C)c3)nc2-c2ccccc2O)cc(C(C)C)c1. The molecule has 0 fully saturated rings. The number of phenolic OH excluding ortho intramolecular Hbond substituents is 1. The lowest BCUT2D eigenvalue weighted by atomic mass is 9.84. The zero-order valence-electron chi connectivity index (χ0n) is 30.4. The lowest BCUT2D eigenvalue weighted by Crippen LogP contribution is -2.01. The van der Waals surface area contributed by atoms with Crippen molar-refractivity contribution in [3.63, 3.8) is 0 Å². The average molecular weight is 662 g/mol. The molecule has 0 aliphatic carbocycles. The van der Waals surface area contributed by atoms with Crippen molar-refractivity contribution in [2.75, 3.05) is 0 Å². The van der Waals surface area contributed by atoms with E-state index in [1.165, 1.54) is 27.8 Å². The van der Waals surface area contributed by atoms with Crippen LogP contribution in [0.2, 0.25) is 0 Å². The summed E-state index contributed by atoms with van der Waals surface area (Å²) in [5, 5.41) is 11.2. The third kappa shape index (κ3) is 7.33. The van der Waals surface area contributed by atoms with Gasteiger partial charge in [0.05, 0.1) is 17.6 Å². The first-order valence-electron chi connectivity index (χ1n) is 17.7. The molecule has 0 aliphatic rings. The Labute approximate surface area is 297 Å². The lowest BCUT2D eigenvalue weighted by Gasteiger charge is -2.21. The molecular formula is C45H47N3O2. The minimum absolute atomic E-state index is 0.157. The Bertz CT molecular complexity index is 2060. The number of rotatable bonds is 10. The van der Waals surface area contributed by atoms with Gasteiger partial charge in [0.15, 0.2) is 0 Å². The highest BCUT2D eigenvalue weighted by atomic mass is 16.5. The minimum Gasteiger partial charge on any atom is -0.507 e. The van der Waals surface area contributed by atoms with Crippen molar-refractivity contribution in [2.45, 2.75) is 79.1 Å². The van der Waals surface area contributed by atoms with Crippen LogP contribution < -0.4 is 4.74 Å². The molecule has 254 valence electrons. The van der Waals surface area contributed by atoms with Crippen LogP contribution in [-0.2, 0) is 0 Å². The molecule has 4 aromatic carbocycles. The highest BCUT2D eigenvalue weighted by Crippen LogP contribution is 2.42. The Hall–Kier alpha value is -5.29. The standard InChI is InChI=1S/C45H47N3O2/c1-27(2)31-20-32(28(3)4)22-35(21-31)44-45(39-14-9-10-17-41(39)49)48-40(26-47-44)33-23-34(25-36(24-33)50-42-18-11-12-19-46-42)43-37(29(5)6)15-13-16-38(43)30(7)8/h9-30,49H,1-8H3. The fraction of sp³-hybridized carbons (Fsp3) is 0.267. The molecule has 1 N–H and O–H groups in total. The van der Waals surface area contributed by atoms with E-state index in [4.69, 9.17) is 14.7 Å². The van der Waals surface area contributed by atoms with Crippen LogP contribution in [0.3, 0.4) is 0 Å². The maximum atomic E-state index is 11.2. The molecule has 50 heavy (non-hydrogen) atoms. The summed E-state index contributed by atoms with van der Waals surface area (Å²) < 4.78 is 6.40. The first-order valence-corrected chi connectivity index (χ1v) is 17.7. The molecule has 2 aromatic heterocycles. The molecule has 2 heterocycles. The third-order valence-corrected chi connectivity index (χ3v) is 9.24. The molecule has 6 rings (SSSR count). The normalized spacial score (nSPS) is 11.6. The molecule has 6 aromatic rings. The highest BCUT2D eigenvalue weighted by molar-refractivity contribution is 5.84. The predicted molar refractivity (Wildman–Crippen MR) is 206 cm³/mol. The topological polar surface area (TPSA) is 68.1 Å². The van der Waals surface area contributed by atoms with Crippen LogP contribution >= 0.6 is 0 Å². The summed E-state index contributed by atoms with van der Waals surface area (Å²) in [4.78, 5) is 14.9. The summed E-state index contributed by atoms with van der Waals surface area (Å²) in [6.07, 6.45) is 3.57. The molecule has 0 spiro atoms. The maximum Gasteiger partial charge on any atom is 0.219 e. The van der Waals surface area contributed by atoms with Crippen molar-refractivity contribution in [2.24, 2.45) is 0 Å². The van der Waals surface area contributed by atoms with E-state index in [1.54, 1.807) is 12.3 Å². The molecule has 0 atom stereocenters. The van der Waals surface area contributed by atoms with Gasteiger partial charge in [-0.05, 0) is 106 Å². The van der Waals surface area contributed by atoms with E-state index >= 15 is 0 Å². The van der Waals surface area contributed by atoms with Gasteiger partial charge < -0.3 is 9.84 Å². The molecule has 0 aliphatic heterocycles. The lowest BCUT2D eigenvalue weighted by molar-refractivity contribution is 0.463.